The predicted molar refractivity (Wildman–Crippen MR) is 120 cm³/mol. The number of carbonyl (C=O) groups is 1. The molecule has 3 aliphatic carbocycles. The molecule has 0 heterocycles. The van der Waals surface area contributed by atoms with Gasteiger partial charge in [-0.05, 0) is 56.8 Å². The Bertz CT molecular complexity index is 527. The van der Waals surface area contributed by atoms with Crippen molar-refractivity contribution in [3.8, 4) is 0 Å². The molecule has 3 fully saturated rings. The Balaban J connectivity index is 1.59. The summed E-state index contributed by atoms with van der Waals surface area (Å²) in [6.45, 7) is 0. The van der Waals surface area contributed by atoms with E-state index in [0.29, 0.717) is 18.0 Å². The molecule has 5 heteroatoms. The average molecular weight is 405 g/mol. The monoisotopic (exact) mass is 404 g/mol. The molecule has 3 atom stereocenters. The number of amides is 1. The lowest BCUT2D eigenvalue weighted by Gasteiger charge is -2.39. The summed E-state index contributed by atoms with van der Waals surface area (Å²) in [6, 6.07) is 1.30. The zero-order chi connectivity index (χ0) is 20.7. The van der Waals surface area contributed by atoms with Gasteiger partial charge < -0.3 is 16.0 Å². The van der Waals surface area contributed by atoms with Crippen LogP contribution in [0.4, 0.5) is 0 Å². The topological polar surface area (TPSA) is 82.2 Å². The molecular weight excluding hydrogens is 360 g/mol. The van der Waals surface area contributed by atoms with Crippen molar-refractivity contribution in [3.05, 3.63) is 0 Å². The van der Waals surface area contributed by atoms with E-state index in [0.717, 1.165) is 37.9 Å². The smallest absolute Gasteiger partial charge is 0.247 e. The maximum absolute atomic E-state index is 13.1. The maximum atomic E-state index is 13.1. The Morgan fingerprint density at radius 3 is 2.31 bits per heavy atom. The third kappa shape index (κ3) is 6.52. The first kappa shape index (κ1) is 22.7. The summed E-state index contributed by atoms with van der Waals surface area (Å²) in [4.78, 5) is 14.5. The van der Waals surface area contributed by atoms with E-state index in [1.54, 1.807) is 7.05 Å². The minimum atomic E-state index is -0.816. The third-order valence-electron chi connectivity index (χ3n) is 7.93. The van der Waals surface area contributed by atoms with Crippen LogP contribution >= 0.6 is 0 Å². The lowest BCUT2D eigenvalue weighted by Crippen LogP contribution is -2.56. The second kappa shape index (κ2) is 10.9. The molecule has 0 aromatic heterocycles. The van der Waals surface area contributed by atoms with E-state index in [1.807, 2.05) is 0 Å². The lowest BCUT2D eigenvalue weighted by molar-refractivity contribution is -0.133. The molecular formula is C24H44N4O. The number of likely N-dealkylation sites (N-methyl/N-ethyl adjacent to an activating group) is 1. The van der Waals surface area contributed by atoms with Crippen LogP contribution in [0, 0.1) is 17.2 Å². The van der Waals surface area contributed by atoms with Crippen molar-refractivity contribution in [1.29, 1.82) is 5.41 Å². The zero-order valence-corrected chi connectivity index (χ0v) is 18.6. The highest BCUT2D eigenvalue weighted by molar-refractivity contribution is 5.93. The largest absolute Gasteiger partial charge is 0.317 e. The van der Waals surface area contributed by atoms with Gasteiger partial charge in [0.2, 0.25) is 5.91 Å². The van der Waals surface area contributed by atoms with Crippen LogP contribution in [0.1, 0.15) is 103 Å². The molecule has 4 N–H and O–H groups in total. The summed E-state index contributed by atoms with van der Waals surface area (Å²) >= 11 is 0. The highest BCUT2D eigenvalue weighted by atomic mass is 16.2. The van der Waals surface area contributed by atoms with Crippen molar-refractivity contribution in [3.63, 3.8) is 0 Å². The standard InChI is InChI=1S/C24H44N4O/c1-28(18-25)23(29)24(26,15-14-19-8-3-2-4-9-19)17-20-10-7-13-22(16-20)27-21-11-5-6-12-21/h18-22,25,27H,2-17,26H2,1H3/t20-,22+,24+/m0/s1. The van der Waals surface area contributed by atoms with Crippen molar-refractivity contribution < 1.29 is 4.79 Å². The molecule has 0 bridgehead atoms. The number of nitrogens with zero attached hydrogens (tertiary/aromatic N) is 1. The number of rotatable bonds is 9. The van der Waals surface area contributed by atoms with Crippen LogP contribution in [-0.4, -0.2) is 41.8 Å². The molecule has 3 saturated carbocycles. The van der Waals surface area contributed by atoms with Gasteiger partial charge in [-0.1, -0.05) is 57.8 Å². The Morgan fingerprint density at radius 1 is 1.00 bits per heavy atom. The highest BCUT2D eigenvalue weighted by Gasteiger charge is 2.40. The van der Waals surface area contributed by atoms with E-state index >= 15 is 0 Å². The van der Waals surface area contributed by atoms with Gasteiger partial charge >= 0.3 is 0 Å². The SMILES string of the molecule is CN(C=N)C(=O)[C@@](N)(CCC1CCCCC1)C[C@H]1CCC[C@@H](NC2CCCC2)C1. The molecule has 0 aromatic carbocycles. The van der Waals surface area contributed by atoms with E-state index in [4.69, 9.17) is 11.1 Å². The summed E-state index contributed by atoms with van der Waals surface area (Å²) in [5, 5.41) is 11.4. The van der Waals surface area contributed by atoms with E-state index in [1.165, 1.54) is 81.9 Å². The van der Waals surface area contributed by atoms with Gasteiger partial charge in [-0.2, -0.15) is 0 Å². The molecule has 3 aliphatic rings. The maximum Gasteiger partial charge on any atom is 0.247 e. The first-order valence-electron chi connectivity index (χ1n) is 12.3. The Kier molecular flexibility index (Phi) is 8.55. The van der Waals surface area contributed by atoms with E-state index in [-0.39, 0.29) is 5.91 Å². The van der Waals surface area contributed by atoms with Gasteiger partial charge in [-0.3, -0.25) is 10.2 Å². The lowest BCUT2D eigenvalue weighted by atomic mass is 9.74. The molecule has 166 valence electrons. The second-order valence-electron chi connectivity index (χ2n) is 10.3. The molecule has 0 aromatic rings. The summed E-state index contributed by atoms with van der Waals surface area (Å²) < 4.78 is 0. The Morgan fingerprint density at radius 2 is 1.62 bits per heavy atom. The fourth-order valence-corrected chi connectivity index (χ4v) is 6.21. The number of nitrogens with two attached hydrogens (primary N) is 1. The molecule has 0 spiro atoms. The quantitative estimate of drug-likeness (QED) is 0.388. The Hall–Kier alpha value is -0.940. The molecule has 0 saturated heterocycles. The van der Waals surface area contributed by atoms with Gasteiger partial charge in [0.05, 0.1) is 11.9 Å². The van der Waals surface area contributed by atoms with Crippen LogP contribution in [0.5, 0.6) is 0 Å². The molecule has 1 amide bonds. The van der Waals surface area contributed by atoms with Crippen LogP contribution in [0.25, 0.3) is 0 Å². The second-order valence-corrected chi connectivity index (χ2v) is 10.3. The minimum absolute atomic E-state index is 0.0609. The number of nitrogens with one attached hydrogen (secondary N) is 2. The summed E-state index contributed by atoms with van der Waals surface area (Å²) in [5.74, 6) is 1.18. The molecule has 0 aliphatic heterocycles. The number of carbonyl (C=O) groups excluding carboxylic acids is 1. The molecule has 5 nitrogen and oxygen atoms in total. The summed E-state index contributed by atoms with van der Waals surface area (Å²) in [7, 11) is 1.68. The average Bonchev–Trinajstić information content (AvgIpc) is 3.25. The van der Waals surface area contributed by atoms with Crippen LogP contribution in [0.2, 0.25) is 0 Å². The van der Waals surface area contributed by atoms with Crippen molar-refractivity contribution in [2.45, 2.75) is 120 Å². The van der Waals surface area contributed by atoms with E-state index < -0.39 is 5.54 Å². The third-order valence-corrected chi connectivity index (χ3v) is 7.93. The van der Waals surface area contributed by atoms with Gasteiger partial charge in [-0.15, -0.1) is 0 Å². The predicted octanol–water partition coefficient (Wildman–Crippen LogP) is 4.59. The number of hydrogen-bond acceptors (Lipinski definition) is 4. The van der Waals surface area contributed by atoms with Gasteiger partial charge in [-0.25, -0.2) is 0 Å². The van der Waals surface area contributed by atoms with Gasteiger partial charge in [0.25, 0.3) is 0 Å². The van der Waals surface area contributed by atoms with Gasteiger partial charge in [0.1, 0.15) is 0 Å². The normalized spacial score (nSPS) is 28.8. The fraction of sp³-hybridized carbons (Fsp3) is 0.917. The highest BCUT2D eigenvalue weighted by Crippen LogP contribution is 2.36. The summed E-state index contributed by atoms with van der Waals surface area (Å²) in [5.41, 5.74) is 6.04. The zero-order valence-electron chi connectivity index (χ0n) is 18.6. The van der Waals surface area contributed by atoms with E-state index in [9.17, 15) is 4.79 Å². The first-order chi connectivity index (χ1) is 14.0. The van der Waals surface area contributed by atoms with Crippen LogP contribution < -0.4 is 11.1 Å². The van der Waals surface area contributed by atoms with Crippen LogP contribution in [0.3, 0.4) is 0 Å². The van der Waals surface area contributed by atoms with E-state index in [2.05, 4.69) is 5.32 Å². The molecule has 29 heavy (non-hydrogen) atoms. The molecule has 3 rings (SSSR count). The van der Waals surface area contributed by atoms with Crippen molar-refractivity contribution in [2.24, 2.45) is 17.6 Å². The Labute approximate surface area is 178 Å². The van der Waals surface area contributed by atoms with Crippen LogP contribution in [-0.2, 0) is 4.79 Å². The first-order valence-corrected chi connectivity index (χ1v) is 12.3. The van der Waals surface area contributed by atoms with Crippen molar-refractivity contribution in [1.82, 2.24) is 10.2 Å². The summed E-state index contributed by atoms with van der Waals surface area (Å²) in [6.07, 6.45) is 20.6. The fourth-order valence-electron chi connectivity index (χ4n) is 6.21. The van der Waals surface area contributed by atoms with Crippen molar-refractivity contribution in [2.75, 3.05) is 7.05 Å². The van der Waals surface area contributed by atoms with Crippen molar-refractivity contribution >= 4 is 12.2 Å². The van der Waals surface area contributed by atoms with Gasteiger partial charge in [0.15, 0.2) is 0 Å². The van der Waals surface area contributed by atoms with Crippen LogP contribution in [0.15, 0.2) is 0 Å². The molecule has 0 radical (unpaired) electrons. The number of hydrogen-bond donors (Lipinski definition) is 3. The van der Waals surface area contributed by atoms with Gasteiger partial charge in [0, 0.05) is 19.1 Å². The minimum Gasteiger partial charge on any atom is -0.317 e. The molecule has 0 unspecified atom stereocenters.